The third-order valence-electron chi connectivity index (χ3n) is 6.16. The van der Waals surface area contributed by atoms with E-state index in [-0.39, 0.29) is 11.8 Å². The predicted molar refractivity (Wildman–Crippen MR) is 131 cm³/mol. The fourth-order valence-electron chi connectivity index (χ4n) is 4.43. The SMILES string of the molecule is CCc1ccc(N2CC(c3nc4ccccc4n3Cc3ccc(Cl)c(Cl)c3)CC2=O)cc1. The van der Waals surface area contributed by atoms with Crippen LogP contribution < -0.4 is 4.90 Å². The number of anilines is 1. The van der Waals surface area contributed by atoms with Gasteiger partial charge in [-0.3, -0.25) is 4.79 Å². The minimum atomic E-state index is 0.0172. The van der Waals surface area contributed by atoms with Gasteiger partial charge in [0.05, 0.1) is 21.1 Å². The maximum atomic E-state index is 12.9. The van der Waals surface area contributed by atoms with Crippen LogP contribution in [-0.4, -0.2) is 22.0 Å². The molecule has 2 heterocycles. The number of benzene rings is 3. The van der Waals surface area contributed by atoms with E-state index >= 15 is 0 Å². The van der Waals surface area contributed by atoms with Gasteiger partial charge in [0.2, 0.25) is 5.91 Å². The molecule has 0 aliphatic carbocycles. The maximum Gasteiger partial charge on any atom is 0.227 e. The van der Waals surface area contributed by atoms with Crippen molar-refractivity contribution in [1.29, 1.82) is 0 Å². The standard InChI is InChI=1S/C26H23Cl2N3O/c1-2-17-7-10-20(11-8-17)30-16-19(14-25(30)32)26-29-23-5-3-4-6-24(23)31(26)15-18-9-12-21(27)22(28)13-18/h3-13,19H,2,14-16H2,1H3. The minimum absolute atomic E-state index is 0.0172. The number of carbonyl (C=O) groups is 1. The van der Waals surface area contributed by atoms with Crippen LogP contribution in [-0.2, 0) is 17.8 Å². The van der Waals surface area contributed by atoms with Gasteiger partial charge in [-0.25, -0.2) is 4.98 Å². The zero-order valence-electron chi connectivity index (χ0n) is 17.8. The van der Waals surface area contributed by atoms with E-state index in [2.05, 4.69) is 29.7 Å². The Morgan fingerprint density at radius 2 is 1.72 bits per heavy atom. The van der Waals surface area contributed by atoms with Gasteiger partial charge >= 0.3 is 0 Å². The number of nitrogens with zero attached hydrogens (tertiary/aromatic N) is 3. The number of aryl methyl sites for hydroxylation is 1. The average molecular weight is 464 g/mol. The van der Waals surface area contributed by atoms with E-state index in [1.54, 1.807) is 0 Å². The zero-order chi connectivity index (χ0) is 22.2. The zero-order valence-corrected chi connectivity index (χ0v) is 19.3. The topological polar surface area (TPSA) is 38.1 Å². The lowest BCUT2D eigenvalue weighted by molar-refractivity contribution is -0.117. The van der Waals surface area contributed by atoms with Gasteiger partial charge in [0.1, 0.15) is 5.82 Å². The fraction of sp³-hybridized carbons (Fsp3) is 0.231. The molecule has 5 rings (SSSR count). The van der Waals surface area contributed by atoms with Crippen LogP contribution in [0.5, 0.6) is 0 Å². The van der Waals surface area contributed by atoms with Crippen molar-refractivity contribution in [2.75, 3.05) is 11.4 Å². The number of fused-ring (bicyclic) bond motifs is 1. The third kappa shape index (κ3) is 3.89. The van der Waals surface area contributed by atoms with Gasteiger partial charge in [-0.1, -0.05) is 60.5 Å². The molecule has 3 aromatic carbocycles. The van der Waals surface area contributed by atoms with E-state index < -0.39 is 0 Å². The summed E-state index contributed by atoms with van der Waals surface area (Å²) in [7, 11) is 0. The third-order valence-corrected chi connectivity index (χ3v) is 6.89. The van der Waals surface area contributed by atoms with Crippen LogP contribution in [0.3, 0.4) is 0 Å². The van der Waals surface area contributed by atoms with Crippen molar-refractivity contribution in [3.05, 3.63) is 93.7 Å². The minimum Gasteiger partial charge on any atom is -0.323 e. The van der Waals surface area contributed by atoms with Gasteiger partial charge in [0, 0.05) is 31.1 Å². The van der Waals surface area contributed by atoms with Crippen molar-refractivity contribution >= 4 is 45.8 Å². The summed E-state index contributed by atoms with van der Waals surface area (Å²) in [6, 6.07) is 22.0. The van der Waals surface area contributed by atoms with Gasteiger partial charge < -0.3 is 9.47 Å². The summed E-state index contributed by atoms with van der Waals surface area (Å²) in [5.41, 5.74) is 5.23. The molecule has 162 valence electrons. The van der Waals surface area contributed by atoms with E-state index in [1.807, 2.05) is 53.4 Å². The largest absolute Gasteiger partial charge is 0.323 e. The van der Waals surface area contributed by atoms with Gasteiger partial charge in [0.15, 0.2) is 0 Å². The van der Waals surface area contributed by atoms with E-state index in [4.69, 9.17) is 28.2 Å². The highest BCUT2D eigenvalue weighted by molar-refractivity contribution is 6.42. The van der Waals surface area contributed by atoms with Crippen molar-refractivity contribution in [2.24, 2.45) is 0 Å². The lowest BCUT2D eigenvalue weighted by Crippen LogP contribution is -2.24. The Kier molecular flexibility index (Phi) is 5.66. The summed E-state index contributed by atoms with van der Waals surface area (Å²) in [5, 5.41) is 1.07. The van der Waals surface area contributed by atoms with E-state index in [0.717, 1.165) is 34.5 Å². The molecule has 0 N–H and O–H groups in total. The Labute approximate surface area is 197 Å². The molecule has 4 nitrogen and oxygen atoms in total. The Morgan fingerprint density at radius 3 is 2.47 bits per heavy atom. The summed E-state index contributed by atoms with van der Waals surface area (Å²) in [6.07, 6.45) is 1.43. The summed E-state index contributed by atoms with van der Waals surface area (Å²) in [5.74, 6) is 1.08. The molecule has 0 spiro atoms. The quantitative estimate of drug-likeness (QED) is 0.339. The molecule has 32 heavy (non-hydrogen) atoms. The Hall–Kier alpha value is -2.82. The van der Waals surface area contributed by atoms with Gasteiger partial charge in [-0.15, -0.1) is 0 Å². The number of amides is 1. The van der Waals surface area contributed by atoms with Gasteiger partial charge in [-0.2, -0.15) is 0 Å². The first kappa shape index (κ1) is 21.0. The molecule has 1 aliphatic heterocycles. The molecule has 1 unspecified atom stereocenters. The average Bonchev–Trinajstić information content (AvgIpc) is 3.37. The number of rotatable bonds is 5. The number of halogens is 2. The normalized spacial score (nSPS) is 16.3. The summed E-state index contributed by atoms with van der Waals surface area (Å²) in [6.45, 7) is 3.36. The lowest BCUT2D eigenvalue weighted by Gasteiger charge is -2.18. The molecule has 0 radical (unpaired) electrons. The molecule has 1 aliphatic rings. The molecule has 1 atom stereocenters. The van der Waals surface area contributed by atoms with Crippen LogP contribution in [0.1, 0.15) is 36.2 Å². The molecule has 1 fully saturated rings. The summed E-state index contributed by atoms with van der Waals surface area (Å²) >= 11 is 12.4. The van der Waals surface area contributed by atoms with Crippen molar-refractivity contribution in [2.45, 2.75) is 32.2 Å². The predicted octanol–water partition coefficient (Wildman–Crippen LogP) is 6.47. The van der Waals surface area contributed by atoms with Crippen molar-refractivity contribution in [3.63, 3.8) is 0 Å². The smallest absolute Gasteiger partial charge is 0.227 e. The van der Waals surface area contributed by atoms with Crippen molar-refractivity contribution in [3.8, 4) is 0 Å². The van der Waals surface area contributed by atoms with E-state index in [1.165, 1.54) is 5.56 Å². The number of hydrogen-bond donors (Lipinski definition) is 0. The molecule has 1 amide bonds. The lowest BCUT2D eigenvalue weighted by atomic mass is 10.1. The number of hydrogen-bond acceptors (Lipinski definition) is 2. The van der Waals surface area contributed by atoms with Gasteiger partial charge in [-0.05, 0) is 53.9 Å². The first-order valence-electron chi connectivity index (χ1n) is 10.8. The number of imidazole rings is 1. The first-order chi connectivity index (χ1) is 15.5. The van der Waals surface area contributed by atoms with E-state index in [0.29, 0.717) is 29.6 Å². The second-order valence-corrected chi connectivity index (χ2v) is 9.03. The van der Waals surface area contributed by atoms with Crippen LogP contribution >= 0.6 is 23.2 Å². The second kappa shape index (κ2) is 8.61. The summed E-state index contributed by atoms with van der Waals surface area (Å²) < 4.78 is 2.20. The molecule has 1 saturated heterocycles. The number of para-hydroxylation sites is 2. The van der Waals surface area contributed by atoms with Crippen LogP contribution in [0, 0.1) is 0 Å². The van der Waals surface area contributed by atoms with Crippen LogP contribution in [0.4, 0.5) is 5.69 Å². The van der Waals surface area contributed by atoms with Crippen LogP contribution in [0.25, 0.3) is 11.0 Å². The van der Waals surface area contributed by atoms with Crippen LogP contribution in [0.15, 0.2) is 66.7 Å². The highest BCUT2D eigenvalue weighted by Gasteiger charge is 2.34. The molecule has 6 heteroatoms. The number of carbonyl (C=O) groups excluding carboxylic acids is 1. The number of aromatic nitrogens is 2. The molecular formula is C26H23Cl2N3O. The molecule has 1 aromatic heterocycles. The summed E-state index contributed by atoms with van der Waals surface area (Å²) in [4.78, 5) is 19.8. The monoisotopic (exact) mass is 463 g/mol. The molecule has 0 saturated carbocycles. The van der Waals surface area contributed by atoms with Crippen molar-refractivity contribution in [1.82, 2.24) is 9.55 Å². The van der Waals surface area contributed by atoms with Crippen molar-refractivity contribution < 1.29 is 4.79 Å². The van der Waals surface area contributed by atoms with Gasteiger partial charge in [0.25, 0.3) is 0 Å². The fourth-order valence-corrected chi connectivity index (χ4v) is 4.75. The second-order valence-electron chi connectivity index (χ2n) is 8.22. The first-order valence-corrected chi connectivity index (χ1v) is 11.6. The molecule has 4 aromatic rings. The van der Waals surface area contributed by atoms with E-state index in [9.17, 15) is 4.79 Å². The Bertz CT molecular complexity index is 1300. The Balaban J connectivity index is 1.50. The molecule has 0 bridgehead atoms. The van der Waals surface area contributed by atoms with Crippen LogP contribution in [0.2, 0.25) is 10.0 Å². The Morgan fingerprint density at radius 1 is 0.969 bits per heavy atom. The molecular weight excluding hydrogens is 441 g/mol. The maximum absolute atomic E-state index is 12.9. The highest BCUT2D eigenvalue weighted by atomic mass is 35.5. The highest BCUT2D eigenvalue weighted by Crippen LogP contribution is 2.34.